The van der Waals surface area contributed by atoms with Crippen LogP contribution in [0, 0.1) is 0 Å². The van der Waals surface area contributed by atoms with Crippen LogP contribution in [0.5, 0.6) is 0 Å². The zero-order valence-electron chi connectivity index (χ0n) is 14.4. The number of piperidine rings is 1. The molecule has 3 aromatic rings. The second kappa shape index (κ2) is 6.77. The molecular weight excluding hydrogens is 326 g/mol. The molecule has 132 valence electrons. The number of hydrogen-bond donors (Lipinski definition) is 2. The maximum atomic E-state index is 12.6. The number of anilines is 1. The van der Waals surface area contributed by atoms with Gasteiger partial charge in [0.05, 0.1) is 11.7 Å². The summed E-state index contributed by atoms with van der Waals surface area (Å²) < 4.78 is 0. The Hall–Kier alpha value is -2.92. The molecule has 26 heavy (non-hydrogen) atoms. The molecule has 0 bridgehead atoms. The number of nitrogen functional groups attached to an aromatic ring is 1. The van der Waals surface area contributed by atoms with E-state index in [1.54, 1.807) is 17.0 Å². The Bertz CT molecular complexity index is 939. The fourth-order valence-corrected chi connectivity index (χ4v) is 3.66. The predicted octanol–water partition coefficient (Wildman–Crippen LogP) is 2.81. The number of pyridine rings is 1. The molecule has 1 aliphatic rings. The Kier molecular flexibility index (Phi) is 4.31. The fraction of sp³-hybridized carbons (Fsp3) is 0.238. The van der Waals surface area contributed by atoms with Crippen LogP contribution >= 0.6 is 0 Å². The monoisotopic (exact) mass is 347 g/mol. The predicted molar refractivity (Wildman–Crippen MR) is 102 cm³/mol. The highest BCUT2D eigenvalue weighted by Gasteiger charge is 2.31. The molecule has 1 aliphatic heterocycles. The Balaban J connectivity index is 1.50. The normalized spacial score (nSPS) is 20.3. The average Bonchev–Trinajstić information content (AvgIpc) is 2.67. The van der Waals surface area contributed by atoms with Crippen LogP contribution in [0.2, 0.25) is 0 Å². The van der Waals surface area contributed by atoms with Crippen molar-refractivity contribution in [1.82, 2.24) is 9.88 Å². The lowest BCUT2D eigenvalue weighted by atomic mass is 9.86. The van der Waals surface area contributed by atoms with Crippen LogP contribution in [0.25, 0.3) is 10.8 Å². The number of amides is 1. The molecule has 0 radical (unpaired) electrons. The Labute approximate surface area is 152 Å². The zero-order valence-corrected chi connectivity index (χ0v) is 14.4. The van der Waals surface area contributed by atoms with E-state index in [0.717, 1.165) is 12.0 Å². The van der Waals surface area contributed by atoms with Crippen molar-refractivity contribution < 1.29 is 9.90 Å². The first-order chi connectivity index (χ1) is 12.6. The number of rotatable bonds is 2. The molecule has 3 N–H and O–H groups in total. The van der Waals surface area contributed by atoms with Crippen molar-refractivity contribution in [3.63, 3.8) is 0 Å². The molecule has 0 spiro atoms. The molecule has 1 amide bonds. The topological polar surface area (TPSA) is 79.5 Å². The Morgan fingerprint density at radius 2 is 1.92 bits per heavy atom. The number of nitrogens with zero attached hydrogens (tertiary/aromatic N) is 2. The highest BCUT2D eigenvalue weighted by molar-refractivity contribution is 5.94. The van der Waals surface area contributed by atoms with Gasteiger partial charge in [-0.3, -0.25) is 4.79 Å². The smallest absolute Gasteiger partial charge is 0.255 e. The number of carbonyl (C=O) groups excluding carboxylic acids is 1. The molecule has 0 aliphatic carbocycles. The summed E-state index contributed by atoms with van der Waals surface area (Å²) in [6.45, 7) is 0.929. The van der Waals surface area contributed by atoms with E-state index in [1.807, 2.05) is 12.1 Å². The van der Waals surface area contributed by atoms with E-state index in [4.69, 9.17) is 5.73 Å². The number of aliphatic hydroxyl groups is 1. The summed E-state index contributed by atoms with van der Waals surface area (Å²) in [5.41, 5.74) is 7.19. The van der Waals surface area contributed by atoms with Crippen molar-refractivity contribution >= 4 is 22.5 Å². The number of aromatic nitrogens is 1. The second-order valence-electron chi connectivity index (χ2n) is 6.79. The van der Waals surface area contributed by atoms with E-state index in [1.165, 1.54) is 17.0 Å². The van der Waals surface area contributed by atoms with Gasteiger partial charge in [0.2, 0.25) is 0 Å². The standard InChI is InChI=1S/C21H21N3O2/c22-20-8-7-17(12-23-20)21(26)24-10-9-18(19(25)13-24)16-6-5-14-3-1-2-4-15(14)11-16/h1-8,11-12,18-19,25H,9-10,13H2,(H2,22,23). The van der Waals surface area contributed by atoms with Gasteiger partial charge in [0.15, 0.2) is 0 Å². The Morgan fingerprint density at radius 3 is 2.65 bits per heavy atom. The van der Waals surface area contributed by atoms with Gasteiger partial charge in [0, 0.05) is 25.2 Å². The Morgan fingerprint density at radius 1 is 1.12 bits per heavy atom. The summed E-state index contributed by atoms with van der Waals surface area (Å²) in [5, 5.41) is 13.0. The molecule has 2 unspecified atom stereocenters. The summed E-state index contributed by atoms with van der Waals surface area (Å²) in [4.78, 5) is 18.3. The van der Waals surface area contributed by atoms with Gasteiger partial charge in [-0.25, -0.2) is 4.98 Å². The lowest BCUT2D eigenvalue weighted by Gasteiger charge is -2.36. The summed E-state index contributed by atoms with van der Waals surface area (Å²) in [5.74, 6) is 0.304. The van der Waals surface area contributed by atoms with E-state index in [9.17, 15) is 9.90 Å². The largest absolute Gasteiger partial charge is 0.391 e. The van der Waals surface area contributed by atoms with Crippen molar-refractivity contribution in [2.24, 2.45) is 0 Å². The maximum absolute atomic E-state index is 12.6. The van der Waals surface area contributed by atoms with Crippen LogP contribution in [-0.2, 0) is 0 Å². The zero-order chi connectivity index (χ0) is 18.1. The molecule has 1 saturated heterocycles. The van der Waals surface area contributed by atoms with Gasteiger partial charge in [-0.2, -0.15) is 0 Å². The summed E-state index contributed by atoms with van der Waals surface area (Å²) in [7, 11) is 0. The molecule has 4 rings (SSSR count). The third-order valence-corrected chi connectivity index (χ3v) is 5.10. The third kappa shape index (κ3) is 3.13. The quantitative estimate of drug-likeness (QED) is 0.747. The molecule has 1 aromatic heterocycles. The number of fused-ring (bicyclic) bond motifs is 1. The average molecular weight is 347 g/mol. The van der Waals surface area contributed by atoms with E-state index >= 15 is 0 Å². The lowest BCUT2D eigenvalue weighted by molar-refractivity contribution is 0.0382. The van der Waals surface area contributed by atoms with Crippen molar-refractivity contribution in [2.45, 2.75) is 18.4 Å². The van der Waals surface area contributed by atoms with Gasteiger partial charge in [0.25, 0.3) is 5.91 Å². The second-order valence-corrected chi connectivity index (χ2v) is 6.79. The molecule has 2 heterocycles. The minimum Gasteiger partial charge on any atom is -0.391 e. The molecule has 5 heteroatoms. The SMILES string of the molecule is Nc1ccc(C(=O)N2CCC(c3ccc4ccccc4c3)C(O)C2)cn1. The summed E-state index contributed by atoms with van der Waals surface area (Å²) >= 11 is 0. The fourth-order valence-electron chi connectivity index (χ4n) is 3.66. The van der Waals surface area contributed by atoms with E-state index < -0.39 is 6.10 Å². The first-order valence-corrected chi connectivity index (χ1v) is 8.79. The maximum Gasteiger partial charge on any atom is 0.255 e. The number of carbonyl (C=O) groups is 1. The molecule has 1 fully saturated rings. The van der Waals surface area contributed by atoms with Crippen LogP contribution < -0.4 is 5.73 Å². The van der Waals surface area contributed by atoms with Gasteiger partial charge in [0.1, 0.15) is 5.82 Å². The third-order valence-electron chi connectivity index (χ3n) is 5.10. The molecular formula is C21H21N3O2. The minimum atomic E-state index is -0.587. The number of benzene rings is 2. The van der Waals surface area contributed by atoms with Crippen LogP contribution in [0.1, 0.15) is 28.3 Å². The van der Waals surface area contributed by atoms with Crippen molar-refractivity contribution in [2.75, 3.05) is 18.8 Å². The lowest BCUT2D eigenvalue weighted by Crippen LogP contribution is -2.45. The number of likely N-dealkylation sites (tertiary alicyclic amines) is 1. The van der Waals surface area contributed by atoms with E-state index in [0.29, 0.717) is 24.5 Å². The van der Waals surface area contributed by atoms with Crippen molar-refractivity contribution in [3.05, 3.63) is 71.9 Å². The number of β-amino-alcohol motifs (C(OH)–C–C–N with tert-alkyl or cyclic N) is 1. The summed E-state index contributed by atoms with van der Waals surface area (Å²) in [6, 6.07) is 17.8. The molecule has 2 aromatic carbocycles. The van der Waals surface area contributed by atoms with Crippen LogP contribution in [0.15, 0.2) is 60.8 Å². The highest BCUT2D eigenvalue weighted by atomic mass is 16.3. The highest BCUT2D eigenvalue weighted by Crippen LogP contribution is 2.31. The minimum absolute atomic E-state index is 0.0354. The van der Waals surface area contributed by atoms with Gasteiger partial charge >= 0.3 is 0 Å². The van der Waals surface area contributed by atoms with Gasteiger partial charge in [-0.15, -0.1) is 0 Å². The number of nitrogens with two attached hydrogens (primary N) is 1. The van der Waals surface area contributed by atoms with E-state index in [-0.39, 0.29) is 11.8 Å². The number of hydrogen-bond acceptors (Lipinski definition) is 4. The first kappa shape index (κ1) is 16.5. The van der Waals surface area contributed by atoms with Crippen molar-refractivity contribution in [1.29, 1.82) is 0 Å². The van der Waals surface area contributed by atoms with Crippen LogP contribution in [0.4, 0.5) is 5.82 Å². The van der Waals surface area contributed by atoms with Gasteiger partial charge in [-0.05, 0) is 34.9 Å². The van der Waals surface area contributed by atoms with Crippen LogP contribution in [-0.4, -0.2) is 40.1 Å². The number of aliphatic hydroxyl groups excluding tert-OH is 1. The summed E-state index contributed by atoms with van der Waals surface area (Å²) in [6.07, 6.45) is 1.63. The molecule has 0 saturated carbocycles. The van der Waals surface area contributed by atoms with Gasteiger partial charge in [-0.1, -0.05) is 42.5 Å². The molecule has 5 nitrogen and oxygen atoms in total. The van der Waals surface area contributed by atoms with Crippen molar-refractivity contribution in [3.8, 4) is 0 Å². The van der Waals surface area contributed by atoms with E-state index in [2.05, 4.69) is 35.3 Å². The first-order valence-electron chi connectivity index (χ1n) is 8.79. The van der Waals surface area contributed by atoms with Crippen LogP contribution in [0.3, 0.4) is 0 Å². The molecule has 2 atom stereocenters. The van der Waals surface area contributed by atoms with Gasteiger partial charge < -0.3 is 15.7 Å².